The average molecular weight is 111 g/mol. The molecular formula is C7H13N. The van der Waals surface area contributed by atoms with Gasteiger partial charge in [0.2, 0.25) is 0 Å². The van der Waals surface area contributed by atoms with Crippen molar-refractivity contribution in [3.05, 3.63) is 12.3 Å². The van der Waals surface area contributed by atoms with Gasteiger partial charge in [0.1, 0.15) is 0 Å². The normalized spacial score (nSPS) is 13.1. The molecule has 46 valence electrons. The largest absolute Gasteiger partial charge is 0.266 e. The van der Waals surface area contributed by atoms with E-state index in [1.165, 1.54) is 5.71 Å². The van der Waals surface area contributed by atoms with Crippen LogP contribution in [-0.4, -0.2) is 5.71 Å². The Balaban J connectivity index is 3.57. The Hall–Kier alpha value is -0.590. The van der Waals surface area contributed by atoms with Gasteiger partial charge >= 0.3 is 0 Å². The lowest BCUT2D eigenvalue weighted by Gasteiger charge is -1.86. The standard InChI is InChI=1S/C7H13N/c1-4-6-8-7(3)5-2/h4,6H,5H2,1-3H3/b6-4-,8-7?. The van der Waals surface area contributed by atoms with Gasteiger partial charge in [0.25, 0.3) is 0 Å². The van der Waals surface area contributed by atoms with Gasteiger partial charge in [-0.1, -0.05) is 13.0 Å². The summed E-state index contributed by atoms with van der Waals surface area (Å²) in [5, 5.41) is 0. The number of allylic oxidation sites excluding steroid dienone is 1. The molecule has 1 heteroatoms. The van der Waals surface area contributed by atoms with Gasteiger partial charge < -0.3 is 0 Å². The lowest BCUT2D eigenvalue weighted by atomic mass is 10.3. The lowest BCUT2D eigenvalue weighted by Crippen LogP contribution is -1.83. The molecule has 0 fully saturated rings. The van der Waals surface area contributed by atoms with Crippen LogP contribution in [-0.2, 0) is 0 Å². The summed E-state index contributed by atoms with van der Waals surface area (Å²) in [7, 11) is 0. The highest BCUT2D eigenvalue weighted by molar-refractivity contribution is 5.82. The molecule has 0 unspecified atom stereocenters. The molecule has 0 heterocycles. The fourth-order valence-corrected chi connectivity index (χ4v) is 0.293. The zero-order valence-electron chi connectivity index (χ0n) is 5.81. The van der Waals surface area contributed by atoms with Crippen molar-refractivity contribution in [2.75, 3.05) is 0 Å². The second kappa shape index (κ2) is 4.57. The fraction of sp³-hybridized carbons (Fsp3) is 0.571. The van der Waals surface area contributed by atoms with Gasteiger partial charge in [-0.15, -0.1) is 0 Å². The first kappa shape index (κ1) is 7.41. The van der Waals surface area contributed by atoms with E-state index in [1.807, 2.05) is 26.1 Å². The quantitative estimate of drug-likeness (QED) is 0.485. The number of hydrogen-bond donors (Lipinski definition) is 0. The molecule has 0 aromatic carbocycles. The molecule has 0 aliphatic rings. The van der Waals surface area contributed by atoms with Gasteiger partial charge in [0.15, 0.2) is 0 Å². The van der Waals surface area contributed by atoms with Crippen molar-refractivity contribution >= 4 is 5.71 Å². The van der Waals surface area contributed by atoms with E-state index < -0.39 is 0 Å². The average Bonchev–Trinajstić information content (AvgIpc) is 1.83. The molecule has 0 spiro atoms. The second-order valence-corrected chi connectivity index (χ2v) is 1.70. The molecule has 0 saturated carbocycles. The SMILES string of the molecule is C/C=C\N=C(C)CC. The van der Waals surface area contributed by atoms with Gasteiger partial charge in [0.05, 0.1) is 0 Å². The van der Waals surface area contributed by atoms with Crippen molar-refractivity contribution in [2.24, 2.45) is 4.99 Å². The monoisotopic (exact) mass is 111 g/mol. The number of aliphatic imine (C=N–C) groups is 1. The predicted octanol–water partition coefficient (Wildman–Crippen LogP) is 2.39. The van der Waals surface area contributed by atoms with Crippen LogP contribution >= 0.6 is 0 Å². The smallest absolute Gasteiger partial charge is 0.0224 e. The molecule has 0 radical (unpaired) electrons. The highest BCUT2D eigenvalue weighted by atomic mass is 14.7. The Morgan fingerprint density at radius 3 is 2.62 bits per heavy atom. The summed E-state index contributed by atoms with van der Waals surface area (Å²) < 4.78 is 0. The Bertz CT molecular complexity index is 101. The van der Waals surface area contributed by atoms with Crippen molar-refractivity contribution < 1.29 is 0 Å². The molecule has 0 aliphatic carbocycles. The van der Waals surface area contributed by atoms with E-state index in [0.717, 1.165) is 6.42 Å². The molecule has 8 heavy (non-hydrogen) atoms. The first-order valence-corrected chi connectivity index (χ1v) is 2.95. The minimum absolute atomic E-state index is 1.05. The van der Waals surface area contributed by atoms with Gasteiger partial charge in [-0.3, -0.25) is 4.99 Å². The van der Waals surface area contributed by atoms with Crippen molar-refractivity contribution in [3.63, 3.8) is 0 Å². The molecule has 0 N–H and O–H groups in total. The van der Waals surface area contributed by atoms with Crippen LogP contribution in [0.25, 0.3) is 0 Å². The Morgan fingerprint density at radius 2 is 2.25 bits per heavy atom. The van der Waals surface area contributed by atoms with E-state index in [1.54, 1.807) is 0 Å². The summed E-state index contributed by atoms with van der Waals surface area (Å²) >= 11 is 0. The molecule has 0 bridgehead atoms. The first-order valence-electron chi connectivity index (χ1n) is 2.95. The second-order valence-electron chi connectivity index (χ2n) is 1.70. The molecule has 0 aliphatic heterocycles. The van der Waals surface area contributed by atoms with E-state index in [9.17, 15) is 0 Å². The van der Waals surface area contributed by atoms with Crippen LogP contribution in [0.4, 0.5) is 0 Å². The maximum Gasteiger partial charge on any atom is 0.0224 e. The van der Waals surface area contributed by atoms with E-state index in [-0.39, 0.29) is 0 Å². The van der Waals surface area contributed by atoms with Crippen LogP contribution in [0, 0.1) is 0 Å². The number of nitrogens with zero attached hydrogens (tertiary/aromatic N) is 1. The van der Waals surface area contributed by atoms with E-state index in [2.05, 4.69) is 11.9 Å². The maximum absolute atomic E-state index is 4.10. The van der Waals surface area contributed by atoms with Gasteiger partial charge in [-0.25, -0.2) is 0 Å². The van der Waals surface area contributed by atoms with Crippen LogP contribution in [0.3, 0.4) is 0 Å². The molecule has 0 aromatic heterocycles. The van der Waals surface area contributed by atoms with E-state index in [4.69, 9.17) is 0 Å². The van der Waals surface area contributed by atoms with E-state index in [0.29, 0.717) is 0 Å². The molecule has 0 rings (SSSR count). The minimum Gasteiger partial charge on any atom is -0.266 e. The van der Waals surface area contributed by atoms with Crippen molar-refractivity contribution in [1.29, 1.82) is 0 Å². The molecule has 0 aromatic rings. The molecular weight excluding hydrogens is 98.1 g/mol. The van der Waals surface area contributed by atoms with Crippen LogP contribution in [0.15, 0.2) is 17.3 Å². The summed E-state index contributed by atoms with van der Waals surface area (Å²) in [4.78, 5) is 4.10. The summed E-state index contributed by atoms with van der Waals surface area (Å²) in [5.74, 6) is 0. The third kappa shape index (κ3) is 3.59. The van der Waals surface area contributed by atoms with Crippen molar-refractivity contribution in [1.82, 2.24) is 0 Å². The number of hydrogen-bond acceptors (Lipinski definition) is 1. The summed E-state index contributed by atoms with van der Waals surface area (Å²) in [6, 6.07) is 0. The third-order valence-corrected chi connectivity index (χ3v) is 0.956. The zero-order valence-corrected chi connectivity index (χ0v) is 5.81. The predicted molar refractivity (Wildman–Crippen MR) is 38.2 cm³/mol. The third-order valence-electron chi connectivity index (χ3n) is 0.956. The Labute approximate surface area is 51.1 Å². The summed E-state index contributed by atoms with van der Waals surface area (Å²) in [6.07, 6.45) is 4.79. The van der Waals surface area contributed by atoms with Crippen LogP contribution in [0.5, 0.6) is 0 Å². The van der Waals surface area contributed by atoms with E-state index >= 15 is 0 Å². The van der Waals surface area contributed by atoms with Crippen LogP contribution < -0.4 is 0 Å². The Morgan fingerprint density at radius 1 is 1.62 bits per heavy atom. The van der Waals surface area contributed by atoms with Crippen molar-refractivity contribution in [2.45, 2.75) is 27.2 Å². The lowest BCUT2D eigenvalue weighted by molar-refractivity contribution is 1.25. The highest BCUT2D eigenvalue weighted by Gasteiger charge is 1.77. The van der Waals surface area contributed by atoms with Gasteiger partial charge in [-0.2, -0.15) is 0 Å². The number of rotatable bonds is 2. The van der Waals surface area contributed by atoms with Gasteiger partial charge in [-0.05, 0) is 20.3 Å². The van der Waals surface area contributed by atoms with Crippen LogP contribution in [0.2, 0.25) is 0 Å². The van der Waals surface area contributed by atoms with Crippen LogP contribution in [0.1, 0.15) is 27.2 Å². The molecule has 0 amide bonds. The van der Waals surface area contributed by atoms with Gasteiger partial charge in [0, 0.05) is 11.9 Å². The zero-order chi connectivity index (χ0) is 6.41. The van der Waals surface area contributed by atoms with Crippen molar-refractivity contribution in [3.8, 4) is 0 Å². The molecule has 0 atom stereocenters. The topological polar surface area (TPSA) is 12.4 Å². The Kier molecular flexibility index (Phi) is 4.23. The molecule has 0 saturated heterocycles. The highest BCUT2D eigenvalue weighted by Crippen LogP contribution is 1.84. The first-order chi connectivity index (χ1) is 3.81. The minimum atomic E-state index is 1.05. The summed E-state index contributed by atoms with van der Waals surface area (Å²) in [6.45, 7) is 6.09. The maximum atomic E-state index is 4.10. The fourth-order valence-electron chi connectivity index (χ4n) is 0.293. The summed E-state index contributed by atoms with van der Waals surface area (Å²) in [5.41, 5.74) is 1.18. The molecule has 1 nitrogen and oxygen atoms in total.